The molecule has 0 aromatic carbocycles. The van der Waals surface area contributed by atoms with Gasteiger partial charge in [-0.25, -0.2) is 4.98 Å². The Kier molecular flexibility index (Phi) is 2.83. The monoisotopic (exact) mass is 245 g/mol. The summed E-state index contributed by atoms with van der Waals surface area (Å²) < 4.78 is 5.15. The quantitative estimate of drug-likeness (QED) is 0.888. The van der Waals surface area contributed by atoms with Crippen molar-refractivity contribution in [1.29, 1.82) is 0 Å². The molecule has 0 spiro atoms. The van der Waals surface area contributed by atoms with Crippen molar-refractivity contribution >= 4 is 0 Å². The van der Waals surface area contributed by atoms with Crippen LogP contribution in [0.5, 0.6) is 0 Å². The molecule has 0 aliphatic heterocycles. The zero-order valence-corrected chi connectivity index (χ0v) is 10.2. The van der Waals surface area contributed by atoms with Gasteiger partial charge in [-0.1, -0.05) is 11.2 Å². The van der Waals surface area contributed by atoms with E-state index in [1.807, 2.05) is 25.1 Å². The second-order valence-electron chi connectivity index (χ2n) is 4.78. The molecule has 2 aromatic heterocycles. The van der Waals surface area contributed by atoms with Gasteiger partial charge in [-0.3, -0.25) is 0 Å². The normalized spacial score (nSPS) is 16.8. The molecule has 0 radical (unpaired) electrons. The molecule has 1 aliphatic carbocycles. The molecule has 2 heterocycles. The lowest BCUT2D eigenvalue weighted by Crippen LogP contribution is -2.12. The van der Waals surface area contributed by atoms with Gasteiger partial charge in [0, 0.05) is 5.69 Å². The third-order valence-corrected chi connectivity index (χ3v) is 3.14. The number of aliphatic hydroxyl groups is 1. The minimum absolute atomic E-state index is 0.358. The maximum atomic E-state index is 9.82. The second kappa shape index (κ2) is 4.49. The lowest BCUT2D eigenvalue weighted by molar-refractivity contribution is 0.140. The van der Waals surface area contributed by atoms with E-state index in [4.69, 9.17) is 4.52 Å². The van der Waals surface area contributed by atoms with E-state index in [1.165, 1.54) is 0 Å². The fourth-order valence-electron chi connectivity index (χ4n) is 1.94. The van der Waals surface area contributed by atoms with E-state index < -0.39 is 0 Å². The number of pyridine rings is 1. The Hall–Kier alpha value is -1.75. The van der Waals surface area contributed by atoms with Gasteiger partial charge in [-0.2, -0.15) is 4.98 Å². The van der Waals surface area contributed by atoms with E-state index in [9.17, 15) is 5.11 Å². The molecule has 5 heteroatoms. The van der Waals surface area contributed by atoms with Crippen LogP contribution >= 0.6 is 0 Å². The highest BCUT2D eigenvalue weighted by atomic mass is 16.5. The lowest BCUT2D eigenvalue weighted by atomic mass is 10.2. The SMILES string of the molecule is Cc1cccc(-c2noc(CC(O)C3CC3)n2)n1. The molecular weight excluding hydrogens is 230 g/mol. The molecule has 5 nitrogen and oxygen atoms in total. The van der Waals surface area contributed by atoms with Crippen molar-refractivity contribution in [2.24, 2.45) is 5.92 Å². The third kappa shape index (κ3) is 2.41. The number of aliphatic hydroxyl groups excluding tert-OH is 1. The highest BCUT2D eigenvalue weighted by Crippen LogP contribution is 2.33. The van der Waals surface area contributed by atoms with Crippen molar-refractivity contribution in [2.45, 2.75) is 32.3 Å². The number of hydrogen-bond donors (Lipinski definition) is 1. The second-order valence-corrected chi connectivity index (χ2v) is 4.78. The molecule has 1 N–H and O–H groups in total. The summed E-state index contributed by atoms with van der Waals surface area (Å²) in [6, 6.07) is 5.67. The maximum absolute atomic E-state index is 9.82. The molecule has 18 heavy (non-hydrogen) atoms. The molecule has 3 rings (SSSR count). The van der Waals surface area contributed by atoms with Crippen molar-refractivity contribution in [2.75, 3.05) is 0 Å². The highest BCUT2D eigenvalue weighted by Gasteiger charge is 2.31. The summed E-state index contributed by atoms with van der Waals surface area (Å²) in [5.41, 5.74) is 1.61. The Morgan fingerprint density at radius 3 is 2.94 bits per heavy atom. The molecule has 1 aliphatic rings. The standard InChI is InChI=1S/C13H15N3O2/c1-8-3-2-4-10(14-8)13-15-12(18-16-13)7-11(17)9-5-6-9/h2-4,9,11,17H,5-7H2,1H3. The van der Waals surface area contributed by atoms with E-state index in [0.717, 1.165) is 18.5 Å². The summed E-state index contributed by atoms with van der Waals surface area (Å²) in [7, 11) is 0. The van der Waals surface area contributed by atoms with Crippen LogP contribution in [0.25, 0.3) is 11.5 Å². The summed E-state index contributed by atoms with van der Waals surface area (Å²) >= 11 is 0. The minimum atomic E-state index is -0.358. The van der Waals surface area contributed by atoms with Gasteiger partial charge in [0.1, 0.15) is 5.69 Å². The zero-order chi connectivity index (χ0) is 12.5. The Morgan fingerprint density at radius 2 is 2.22 bits per heavy atom. The average Bonchev–Trinajstić information content (AvgIpc) is 3.10. The average molecular weight is 245 g/mol. The molecular formula is C13H15N3O2. The topological polar surface area (TPSA) is 72.0 Å². The largest absolute Gasteiger partial charge is 0.392 e. The molecule has 1 saturated carbocycles. The molecule has 1 fully saturated rings. The van der Waals surface area contributed by atoms with E-state index in [2.05, 4.69) is 15.1 Å². The van der Waals surface area contributed by atoms with Gasteiger partial charge in [-0.15, -0.1) is 0 Å². The fraction of sp³-hybridized carbons (Fsp3) is 0.462. The van der Waals surface area contributed by atoms with Gasteiger partial charge < -0.3 is 9.63 Å². The van der Waals surface area contributed by atoms with Crippen LogP contribution in [0.1, 0.15) is 24.4 Å². The Balaban J connectivity index is 1.76. The number of hydrogen-bond acceptors (Lipinski definition) is 5. The molecule has 0 saturated heterocycles. The van der Waals surface area contributed by atoms with Crippen LogP contribution in [0.2, 0.25) is 0 Å². The summed E-state index contributed by atoms with van der Waals surface area (Å²) in [5.74, 6) is 1.38. The van der Waals surface area contributed by atoms with Gasteiger partial charge in [0.25, 0.3) is 0 Å². The summed E-state index contributed by atoms with van der Waals surface area (Å²) in [4.78, 5) is 8.61. The summed E-state index contributed by atoms with van der Waals surface area (Å²) in [5, 5.41) is 13.7. The fourth-order valence-corrected chi connectivity index (χ4v) is 1.94. The van der Waals surface area contributed by atoms with Crippen LogP contribution in [-0.4, -0.2) is 26.3 Å². The number of rotatable bonds is 4. The Morgan fingerprint density at radius 1 is 1.39 bits per heavy atom. The smallest absolute Gasteiger partial charge is 0.229 e. The maximum Gasteiger partial charge on any atom is 0.229 e. The van der Waals surface area contributed by atoms with Crippen molar-refractivity contribution in [3.63, 3.8) is 0 Å². The molecule has 2 aromatic rings. The van der Waals surface area contributed by atoms with Gasteiger partial charge in [-0.05, 0) is 37.8 Å². The van der Waals surface area contributed by atoms with Crippen LogP contribution in [0.15, 0.2) is 22.7 Å². The van der Waals surface area contributed by atoms with Crippen molar-refractivity contribution in [3.8, 4) is 11.5 Å². The Labute approximate surface area is 105 Å². The van der Waals surface area contributed by atoms with E-state index in [1.54, 1.807) is 0 Å². The molecule has 0 bridgehead atoms. The first-order valence-corrected chi connectivity index (χ1v) is 6.17. The predicted octanol–water partition coefficient (Wildman–Crippen LogP) is 1.75. The van der Waals surface area contributed by atoms with Crippen LogP contribution in [0.3, 0.4) is 0 Å². The molecule has 1 unspecified atom stereocenters. The molecule has 94 valence electrons. The molecule has 1 atom stereocenters. The summed E-state index contributed by atoms with van der Waals surface area (Å²) in [6.07, 6.45) is 2.27. The first kappa shape index (κ1) is 11.3. The first-order chi connectivity index (χ1) is 8.72. The zero-order valence-electron chi connectivity index (χ0n) is 10.2. The van der Waals surface area contributed by atoms with Crippen LogP contribution in [-0.2, 0) is 6.42 Å². The number of aryl methyl sites for hydroxylation is 1. The predicted molar refractivity (Wildman–Crippen MR) is 64.7 cm³/mol. The van der Waals surface area contributed by atoms with E-state index in [-0.39, 0.29) is 6.10 Å². The number of nitrogens with zero attached hydrogens (tertiary/aromatic N) is 3. The van der Waals surface area contributed by atoms with Crippen LogP contribution < -0.4 is 0 Å². The first-order valence-electron chi connectivity index (χ1n) is 6.17. The Bertz CT molecular complexity index is 549. The van der Waals surface area contributed by atoms with Crippen molar-refractivity contribution in [1.82, 2.24) is 15.1 Å². The van der Waals surface area contributed by atoms with Crippen LogP contribution in [0.4, 0.5) is 0 Å². The van der Waals surface area contributed by atoms with Crippen molar-refractivity contribution < 1.29 is 9.63 Å². The number of aromatic nitrogens is 3. The highest BCUT2D eigenvalue weighted by molar-refractivity contribution is 5.47. The van der Waals surface area contributed by atoms with Gasteiger partial charge >= 0.3 is 0 Å². The lowest BCUT2D eigenvalue weighted by Gasteiger charge is -2.03. The van der Waals surface area contributed by atoms with Crippen molar-refractivity contribution in [3.05, 3.63) is 29.8 Å². The van der Waals surface area contributed by atoms with E-state index in [0.29, 0.717) is 29.7 Å². The van der Waals surface area contributed by atoms with Crippen LogP contribution in [0, 0.1) is 12.8 Å². The third-order valence-electron chi connectivity index (χ3n) is 3.14. The minimum Gasteiger partial charge on any atom is -0.392 e. The van der Waals surface area contributed by atoms with Gasteiger partial charge in [0.2, 0.25) is 11.7 Å². The van der Waals surface area contributed by atoms with Gasteiger partial charge in [0.05, 0.1) is 12.5 Å². The van der Waals surface area contributed by atoms with Gasteiger partial charge in [0.15, 0.2) is 0 Å². The molecule has 0 amide bonds. The summed E-state index contributed by atoms with van der Waals surface area (Å²) in [6.45, 7) is 1.92. The van der Waals surface area contributed by atoms with E-state index >= 15 is 0 Å².